The van der Waals surface area contributed by atoms with Crippen LogP contribution in [0.1, 0.15) is 18.4 Å². The molecule has 0 amide bonds. The van der Waals surface area contributed by atoms with Gasteiger partial charge >= 0.3 is 0 Å². The molecule has 2 N–H and O–H groups in total. The fourth-order valence-corrected chi connectivity index (χ4v) is 1.88. The maximum Gasteiger partial charge on any atom is 0.197 e. The Morgan fingerprint density at radius 2 is 1.76 bits per heavy atom. The number of methoxy groups -OCH3 is 2. The fourth-order valence-electron chi connectivity index (χ4n) is 1.88. The average molecular weight is 243 g/mol. The fraction of sp³-hybridized carbons (Fsp3) is 0.500. The molecule has 0 aliphatic heterocycles. The van der Waals surface area contributed by atoms with E-state index in [-0.39, 0.29) is 22.6 Å². The van der Waals surface area contributed by atoms with Crippen LogP contribution in [-0.2, 0) is 6.42 Å². The van der Waals surface area contributed by atoms with E-state index in [1.807, 2.05) is 0 Å². The van der Waals surface area contributed by atoms with E-state index in [0.717, 1.165) is 18.9 Å². The summed E-state index contributed by atoms with van der Waals surface area (Å²) in [7, 11) is 2.67. The van der Waals surface area contributed by atoms with Gasteiger partial charge in [0.05, 0.1) is 14.2 Å². The van der Waals surface area contributed by atoms with E-state index in [2.05, 4.69) is 0 Å². The van der Waals surface area contributed by atoms with Gasteiger partial charge in [0.25, 0.3) is 0 Å². The lowest BCUT2D eigenvalue weighted by Gasteiger charge is -2.16. The lowest BCUT2D eigenvalue weighted by Crippen LogP contribution is -2.25. The number of rotatable bonds is 4. The quantitative estimate of drug-likeness (QED) is 0.879. The van der Waals surface area contributed by atoms with Gasteiger partial charge in [-0.1, -0.05) is 0 Å². The number of halogens is 2. The molecule has 5 heteroatoms. The van der Waals surface area contributed by atoms with Crippen LogP contribution in [0.25, 0.3) is 0 Å². The van der Waals surface area contributed by atoms with Gasteiger partial charge in [-0.05, 0) is 19.3 Å². The summed E-state index contributed by atoms with van der Waals surface area (Å²) in [4.78, 5) is 0. The molecule has 1 aliphatic carbocycles. The molecule has 1 saturated carbocycles. The van der Waals surface area contributed by atoms with Gasteiger partial charge in [0, 0.05) is 17.2 Å². The molecule has 1 aromatic rings. The van der Waals surface area contributed by atoms with Gasteiger partial charge < -0.3 is 15.2 Å². The van der Waals surface area contributed by atoms with Crippen LogP contribution in [0.5, 0.6) is 11.5 Å². The SMILES string of the molecule is COc1c(F)cc(F)c(CC2(N)CC2)c1OC. The molecular weight excluding hydrogens is 228 g/mol. The molecule has 0 saturated heterocycles. The van der Waals surface area contributed by atoms with E-state index in [1.165, 1.54) is 14.2 Å². The monoisotopic (exact) mass is 243 g/mol. The third-order valence-electron chi connectivity index (χ3n) is 3.07. The van der Waals surface area contributed by atoms with E-state index in [1.54, 1.807) is 0 Å². The molecule has 0 bridgehead atoms. The summed E-state index contributed by atoms with van der Waals surface area (Å²) in [6.45, 7) is 0. The second kappa shape index (κ2) is 4.14. The molecule has 0 atom stereocenters. The third kappa shape index (κ3) is 2.20. The van der Waals surface area contributed by atoms with Crippen molar-refractivity contribution in [2.24, 2.45) is 5.73 Å². The molecule has 1 aliphatic rings. The Kier molecular flexibility index (Phi) is 2.95. The van der Waals surface area contributed by atoms with Crippen molar-refractivity contribution in [3.8, 4) is 11.5 Å². The van der Waals surface area contributed by atoms with E-state index in [4.69, 9.17) is 15.2 Å². The highest BCUT2D eigenvalue weighted by Gasteiger charge is 2.40. The zero-order valence-electron chi connectivity index (χ0n) is 9.85. The first kappa shape index (κ1) is 12.1. The number of nitrogens with two attached hydrogens (primary N) is 1. The number of benzene rings is 1. The number of hydrogen-bond acceptors (Lipinski definition) is 3. The van der Waals surface area contributed by atoms with Gasteiger partial charge in [-0.25, -0.2) is 8.78 Å². The number of ether oxygens (including phenoxy) is 2. The molecule has 0 heterocycles. The van der Waals surface area contributed by atoms with Crippen LogP contribution in [0.3, 0.4) is 0 Å². The molecule has 1 aromatic carbocycles. The molecule has 1 fully saturated rings. The second-order valence-electron chi connectivity index (χ2n) is 4.42. The third-order valence-corrected chi connectivity index (χ3v) is 3.07. The van der Waals surface area contributed by atoms with Crippen LogP contribution >= 0.6 is 0 Å². The van der Waals surface area contributed by atoms with Crippen molar-refractivity contribution in [1.82, 2.24) is 0 Å². The van der Waals surface area contributed by atoms with Gasteiger partial charge in [0.15, 0.2) is 17.3 Å². The highest BCUT2D eigenvalue weighted by atomic mass is 19.1. The molecule has 0 radical (unpaired) electrons. The molecule has 3 nitrogen and oxygen atoms in total. The van der Waals surface area contributed by atoms with Gasteiger partial charge in [-0.15, -0.1) is 0 Å². The molecule has 0 spiro atoms. The van der Waals surface area contributed by atoms with E-state index in [9.17, 15) is 8.78 Å². The van der Waals surface area contributed by atoms with Crippen molar-refractivity contribution >= 4 is 0 Å². The van der Waals surface area contributed by atoms with Crippen LogP contribution in [0.4, 0.5) is 8.78 Å². The van der Waals surface area contributed by atoms with Crippen LogP contribution in [0.15, 0.2) is 6.07 Å². The van der Waals surface area contributed by atoms with Crippen LogP contribution < -0.4 is 15.2 Å². The Balaban J connectivity index is 2.48. The van der Waals surface area contributed by atoms with E-state index >= 15 is 0 Å². The highest BCUT2D eigenvalue weighted by molar-refractivity contribution is 5.49. The molecule has 0 aromatic heterocycles. The van der Waals surface area contributed by atoms with Crippen LogP contribution in [0.2, 0.25) is 0 Å². The molecule has 94 valence electrons. The summed E-state index contributed by atoms with van der Waals surface area (Å²) in [5, 5.41) is 0. The van der Waals surface area contributed by atoms with Crippen molar-refractivity contribution in [2.45, 2.75) is 24.8 Å². The van der Waals surface area contributed by atoms with Crippen molar-refractivity contribution in [3.63, 3.8) is 0 Å². The first-order chi connectivity index (χ1) is 8.00. The Morgan fingerprint density at radius 1 is 1.18 bits per heavy atom. The minimum absolute atomic E-state index is 0.0758. The Labute approximate surface area is 98.5 Å². The Morgan fingerprint density at radius 3 is 2.24 bits per heavy atom. The smallest absolute Gasteiger partial charge is 0.197 e. The maximum absolute atomic E-state index is 13.7. The Hall–Kier alpha value is -1.36. The standard InChI is InChI=1S/C12H15F2NO2/c1-16-10-7(6-12(15)3-4-12)8(13)5-9(14)11(10)17-2/h5H,3-4,6,15H2,1-2H3. The minimum atomic E-state index is -0.771. The van der Waals surface area contributed by atoms with Crippen molar-refractivity contribution in [3.05, 3.63) is 23.3 Å². The molecular formula is C12H15F2NO2. The summed E-state index contributed by atoms with van der Waals surface area (Å²) >= 11 is 0. The van der Waals surface area contributed by atoms with Crippen LogP contribution in [0, 0.1) is 11.6 Å². The largest absolute Gasteiger partial charge is 0.492 e. The summed E-state index contributed by atoms with van der Waals surface area (Å²) < 4.78 is 37.1. The van der Waals surface area contributed by atoms with E-state index < -0.39 is 11.6 Å². The van der Waals surface area contributed by atoms with Gasteiger partial charge in [0.1, 0.15) is 5.82 Å². The predicted octanol–water partition coefficient (Wildman–Crippen LogP) is 2.02. The topological polar surface area (TPSA) is 44.5 Å². The summed E-state index contributed by atoms with van der Waals surface area (Å²) in [5.74, 6) is -1.39. The van der Waals surface area contributed by atoms with E-state index in [0.29, 0.717) is 6.42 Å². The lowest BCUT2D eigenvalue weighted by atomic mass is 10.0. The zero-order chi connectivity index (χ0) is 12.6. The zero-order valence-corrected chi connectivity index (χ0v) is 9.85. The summed E-state index contributed by atoms with van der Waals surface area (Å²) in [6.07, 6.45) is 2.02. The maximum atomic E-state index is 13.7. The lowest BCUT2D eigenvalue weighted by molar-refractivity contribution is 0.329. The van der Waals surface area contributed by atoms with Crippen LogP contribution in [-0.4, -0.2) is 19.8 Å². The Bertz CT molecular complexity index is 445. The first-order valence-corrected chi connectivity index (χ1v) is 5.38. The van der Waals surface area contributed by atoms with Crippen molar-refractivity contribution in [2.75, 3.05) is 14.2 Å². The summed E-state index contributed by atoms with van der Waals surface area (Å²) in [5.41, 5.74) is 5.85. The number of hydrogen-bond donors (Lipinski definition) is 1. The molecule has 2 rings (SSSR count). The first-order valence-electron chi connectivity index (χ1n) is 5.38. The van der Waals surface area contributed by atoms with Crippen molar-refractivity contribution in [1.29, 1.82) is 0 Å². The van der Waals surface area contributed by atoms with Crippen molar-refractivity contribution < 1.29 is 18.3 Å². The highest BCUT2D eigenvalue weighted by Crippen LogP contribution is 2.42. The van der Waals surface area contributed by atoms with Gasteiger partial charge in [-0.3, -0.25) is 0 Å². The van der Waals surface area contributed by atoms with Gasteiger partial charge in [0.2, 0.25) is 0 Å². The summed E-state index contributed by atoms with van der Waals surface area (Å²) in [6, 6.07) is 0.808. The molecule has 17 heavy (non-hydrogen) atoms. The van der Waals surface area contributed by atoms with Gasteiger partial charge in [-0.2, -0.15) is 0 Å². The predicted molar refractivity (Wildman–Crippen MR) is 59.3 cm³/mol. The minimum Gasteiger partial charge on any atom is -0.492 e. The normalized spacial score (nSPS) is 16.8. The average Bonchev–Trinajstić information content (AvgIpc) is 3.00. The second-order valence-corrected chi connectivity index (χ2v) is 4.42. The molecule has 0 unspecified atom stereocenters.